The second-order valence-electron chi connectivity index (χ2n) is 5.32. The van der Waals surface area contributed by atoms with Crippen molar-refractivity contribution in [1.29, 1.82) is 0 Å². The lowest BCUT2D eigenvalue weighted by Crippen LogP contribution is -2.53. The molecule has 1 rings (SSSR count). The Labute approximate surface area is 108 Å². The second-order valence-corrected chi connectivity index (χ2v) is 5.32. The van der Waals surface area contributed by atoms with Crippen molar-refractivity contribution in [2.24, 2.45) is 5.41 Å². The molecule has 0 unspecified atom stereocenters. The maximum absolute atomic E-state index is 2.64. The first kappa shape index (κ1) is 14.6. The smallest absolute Gasteiger partial charge is 0.0485 e. The Balaban J connectivity index is 3.32. The van der Waals surface area contributed by atoms with E-state index < -0.39 is 0 Å². The van der Waals surface area contributed by atoms with Crippen LogP contribution in [0.2, 0.25) is 0 Å². The van der Waals surface area contributed by atoms with Gasteiger partial charge in [-0.15, -0.1) is 0 Å². The van der Waals surface area contributed by atoms with Crippen molar-refractivity contribution >= 4 is 0 Å². The fourth-order valence-electron chi connectivity index (χ4n) is 4.53. The molecule has 1 nitrogen and oxygen atoms in total. The zero-order valence-electron chi connectivity index (χ0n) is 12.8. The van der Waals surface area contributed by atoms with E-state index in [2.05, 4.69) is 52.6 Å². The van der Waals surface area contributed by atoms with Gasteiger partial charge < -0.3 is 4.90 Å². The molecule has 0 fully saturated rings. The van der Waals surface area contributed by atoms with Crippen LogP contribution in [0.1, 0.15) is 73.6 Å². The summed E-state index contributed by atoms with van der Waals surface area (Å²) in [5, 5.41) is 0. The largest absolute Gasteiger partial charge is 0.371 e. The third-order valence-electron chi connectivity index (χ3n) is 5.47. The zero-order chi connectivity index (χ0) is 13.1. The molecule has 0 aromatic rings. The SMILES string of the molecule is CCC1=CN(CC)C(CC)(CC)C1(CC)CC. The van der Waals surface area contributed by atoms with Crippen molar-refractivity contribution in [2.75, 3.05) is 6.54 Å². The molecule has 0 radical (unpaired) electrons. The predicted octanol–water partition coefficient (Wildman–Crippen LogP) is 4.98. The first-order valence-corrected chi connectivity index (χ1v) is 7.60. The summed E-state index contributed by atoms with van der Waals surface area (Å²) in [6, 6.07) is 0. The molecule has 0 aromatic heterocycles. The number of hydrogen-bond acceptors (Lipinski definition) is 1. The molecule has 1 heteroatoms. The van der Waals surface area contributed by atoms with E-state index in [4.69, 9.17) is 0 Å². The highest BCUT2D eigenvalue weighted by Crippen LogP contribution is 2.56. The molecule has 0 atom stereocenters. The second kappa shape index (κ2) is 5.46. The van der Waals surface area contributed by atoms with E-state index in [1.54, 1.807) is 5.57 Å². The number of nitrogens with zero attached hydrogens (tertiary/aromatic N) is 1. The van der Waals surface area contributed by atoms with Crippen LogP contribution in [0, 0.1) is 5.41 Å². The molecule has 0 aromatic carbocycles. The summed E-state index contributed by atoms with van der Waals surface area (Å²) in [5.41, 5.74) is 2.48. The van der Waals surface area contributed by atoms with E-state index in [0.717, 1.165) is 6.54 Å². The predicted molar refractivity (Wildman–Crippen MR) is 77.1 cm³/mol. The van der Waals surface area contributed by atoms with Gasteiger partial charge >= 0.3 is 0 Å². The fraction of sp³-hybridized carbons (Fsp3) is 0.875. The van der Waals surface area contributed by atoms with Crippen LogP contribution in [0.3, 0.4) is 0 Å². The highest BCUT2D eigenvalue weighted by Gasteiger charge is 2.54. The van der Waals surface area contributed by atoms with Crippen LogP contribution in [-0.2, 0) is 0 Å². The van der Waals surface area contributed by atoms with Crippen LogP contribution < -0.4 is 0 Å². The van der Waals surface area contributed by atoms with Gasteiger partial charge in [0.05, 0.1) is 0 Å². The Morgan fingerprint density at radius 3 is 1.71 bits per heavy atom. The highest BCUT2D eigenvalue weighted by molar-refractivity contribution is 5.30. The van der Waals surface area contributed by atoms with E-state index >= 15 is 0 Å². The average molecular weight is 237 g/mol. The summed E-state index contributed by atoms with van der Waals surface area (Å²) in [6.45, 7) is 15.3. The first-order chi connectivity index (χ1) is 8.12. The topological polar surface area (TPSA) is 3.24 Å². The fourth-order valence-corrected chi connectivity index (χ4v) is 4.53. The van der Waals surface area contributed by atoms with E-state index in [-0.39, 0.29) is 0 Å². The number of rotatable bonds is 6. The molecule has 100 valence electrons. The van der Waals surface area contributed by atoms with Crippen molar-refractivity contribution in [3.05, 3.63) is 11.8 Å². The van der Waals surface area contributed by atoms with Gasteiger partial charge in [0.1, 0.15) is 0 Å². The molecular weight excluding hydrogens is 206 g/mol. The first-order valence-electron chi connectivity index (χ1n) is 7.60. The van der Waals surface area contributed by atoms with Gasteiger partial charge in [0, 0.05) is 17.5 Å². The summed E-state index contributed by atoms with van der Waals surface area (Å²) in [5.74, 6) is 0. The maximum Gasteiger partial charge on any atom is 0.0485 e. The maximum atomic E-state index is 2.64. The van der Waals surface area contributed by atoms with E-state index in [1.807, 2.05) is 0 Å². The quantitative estimate of drug-likeness (QED) is 0.629. The van der Waals surface area contributed by atoms with E-state index in [9.17, 15) is 0 Å². The van der Waals surface area contributed by atoms with E-state index in [1.165, 1.54) is 32.1 Å². The lowest BCUT2D eigenvalue weighted by molar-refractivity contribution is 0.0310. The third-order valence-corrected chi connectivity index (χ3v) is 5.47. The van der Waals surface area contributed by atoms with Gasteiger partial charge in [0.25, 0.3) is 0 Å². The summed E-state index contributed by atoms with van der Waals surface area (Å²) < 4.78 is 0. The molecule has 17 heavy (non-hydrogen) atoms. The van der Waals surface area contributed by atoms with Gasteiger partial charge in [-0.1, -0.05) is 34.6 Å². The Bertz CT molecular complexity index is 269. The van der Waals surface area contributed by atoms with Gasteiger partial charge in [-0.3, -0.25) is 0 Å². The van der Waals surface area contributed by atoms with Crippen molar-refractivity contribution in [3.63, 3.8) is 0 Å². The summed E-state index contributed by atoms with van der Waals surface area (Å²) in [6.07, 6.45) is 8.78. The van der Waals surface area contributed by atoms with Gasteiger partial charge in [-0.05, 0) is 50.8 Å². The minimum Gasteiger partial charge on any atom is -0.371 e. The summed E-state index contributed by atoms with van der Waals surface area (Å²) >= 11 is 0. The van der Waals surface area contributed by atoms with Crippen molar-refractivity contribution in [3.8, 4) is 0 Å². The van der Waals surface area contributed by atoms with Gasteiger partial charge in [-0.25, -0.2) is 0 Å². The monoisotopic (exact) mass is 237 g/mol. The molecule has 1 heterocycles. The number of hydrogen-bond donors (Lipinski definition) is 0. The minimum atomic E-state index is 0.372. The van der Waals surface area contributed by atoms with Crippen molar-refractivity contribution in [2.45, 2.75) is 79.2 Å². The van der Waals surface area contributed by atoms with Gasteiger partial charge in [0.2, 0.25) is 0 Å². The summed E-state index contributed by atoms with van der Waals surface area (Å²) in [4.78, 5) is 2.64. The van der Waals surface area contributed by atoms with Crippen molar-refractivity contribution in [1.82, 2.24) is 4.90 Å². The van der Waals surface area contributed by atoms with Crippen LogP contribution in [0.5, 0.6) is 0 Å². The van der Waals surface area contributed by atoms with Gasteiger partial charge in [0.15, 0.2) is 0 Å². The average Bonchev–Trinajstić information content (AvgIpc) is 2.67. The molecule has 0 saturated carbocycles. The van der Waals surface area contributed by atoms with Crippen LogP contribution in [0.4, 0.5) is 0 Å². The molecule has 0 amide bonds. The molecular formula is C16H31N. The Kier molecular flexibility index (Phi) is 4.69. The standard InChI is InChI=1S/C16H31N/c1-7-14-13-17(12-6)16(10-4,11-5)15(14,8-2)9-3/h13H,7-12H2,1-6H3. The molecule has 1 aliphatic rings. The minimum absolute atomic E-state index is 0.372. The van der Waals surface area contributed by atoms with Crippen molar-refractivity contribution < 1.29 is 0 Å². The van der Waals surface area contributed by atoms with E-state index in [0.29, 0.717) is 11.0 Å². The Morgan fingerprint density at radius 2 is 1.41 bits per heavy atom. The van der Waals surface area contributed by atoms with Crippen LogP contribution in [-0.4, -0.2) is 17.0 Å². The third kappa shape index (κ3) is 1.73. The molecule has 0 bridgehead atoms. The lowest BCUT2D eigenvalue weighted by atomic mass is 9.60. The summed E-state index contributed by atoms with van der Waals surface area (Å²) in [7, 11) is 0. The molecule has 0 N–H and O–H groups in total. The molecule has 1 aliphatic heterocycles. The van der Waals surface area contributed by atoms with Crippen LogP contribution in [0.15, 0.2) is 11.8 Å². The Morgan fingerprint density at radius 1 is 0.882 bits per heavy atom. The van der Waals surface area contributed by atoms with Gasteiger partial charge in [-0.2, -0.15) is 0 Å². The molecule has 0 saturated heterocycles. The Hall–Kier alpha value is -0.460. The lowest BCUT2D eigenvalue weighted by Gasteiger charge is -2.51. The molecule has 0 aliphatic carbocycles. The molecule has 0 spiro atoms. The van der Waals surface area contributed by atoms with Crippen LogP contribution in [0.25, 0.3) is 0 Å². The zero-order valence-corrected chi connectivity index (χ0v) is 12.8. The normalized spacial score (nSPS) is 21.8. The highest BCUT2D eigenvalue weighted by atomic mass is 15.2. The van der Waals surface area contributed by atoms with Crippen LogP contribution >= 0.6 is 0 Å².